The Hall–Kier alpha value is -3.18. The van der Waals surface area contributed by atoms with Gasteiger partial charge in [-0.15, -0.1) is 0 Å². The molecule has 1 atom stereocenters. The topological polar surface area (TPSA) is 99.3 Å². The maximum atomic E-state index is 14.7. The lowest BCUT2D eigenvalue weighted by Crippen LogP contribution is -2.53. The van der Waals surface area contributed by atoms with Gasteiger partial charge in [-0.1, -0.05) is 38.1 Å². The molecule has 0 unspecified atom stereocenters. The number of amides is 2. The summed E-state index contributed by atoms with van der Waals surface area (Å²) in [5.41, 5.74) is 0.464. The van der Waals surface area contributed by atoms with Crippen molar-refractivity contribution >= 4 is 27.7 Å². The fraction of sp³-hybridized carbons (Fsp3) is 0.440. The van der Waals surface area contributed by atoms with Crippen LogP contribution in [0, 0.1) is 5.82 Å². The number of hydrogen-bond donors (Lipinski definition) is 1. The zero-order chi connectivity index (χ0) is 26.9. The zero-order valence-electron chi connectivity index (χ0n) is 21.4. The molecule has 2 amide bonds. The van der Waals surface area contributed by atoms with Crippen LogP contribution >= 0.6 is 0 Å². The summed E-state index contributed by atoms with van der Waals surface area (Å²) in [7, 11) is -0.0868. The van der Waals surface area contributed by atoms with Gasteiger partial charge >= 0.3 is 10.2 Å². The lowest BCUT2D eigenvalue weighted by Gasteiger charge is -2.34. The molecule has 11 heteroatoms. The van der Waals surface area contributed by atoms with Crippen molar-refractivity contribution in [2.45, 2.75) is 39.3 Å². The second kappa shape index (κ2) is 13.2. The van der Waals surface area contributed by atoms with Gasteiger partial charge in [0.05, 0.1) is 12.8 Å². The van der Waals surface area contributed by atoms with Crippen molar-refractivity contribution in [1.82, 2.24) is 14.5 Å². The minimum absolute atomic E-state index is 0.0496. The summed E-state index contributed by atoms with van der Waals surface area (Å²) < 4.78 is 47.7. The van der Waals surface area contributed by atoms with E-state index in [2.05, 4.69) is 5.32 Å². The molecule has 0 bridgehead atoms. The first-order chi connectivity index (χ1) is 17.1. The van der Waals surface area contributed by atoms with Crippen LogP contribution in [0.1, 0.15) is 32.3 Å². The van der Waals surface area contributed by atoms with Crippen LogP contribution in [0.4, 0.5) is 10.1 Å². The van der Waals surface area contributed by atoms with E-state index in [1.807, 2.05) is 6.92 Å². The maximum absolute atomic E-state index is 14.7. The number of ether oxygens (including phenoxy) is 1. The lowest BCUT2D eigenvalue weighted by molar-refractivity contribution is -0.140. The molecule has 0 aromatic heterocycles. The Morgan fingerprint density at radius 3 is 2.22 bits per heavy atom. The van der Waals surface area contributed by atoms with Crippen molar-refractivity contribution in [1.29, 1.82) is 0 Å². The normalized spacial score (nSPS) is 12.2. The number of benzene rings is 2. The fourth-order valence-electron chi connectivity index (χ4n) is 3.57. The molecule has 9 nitrogen and oxygen atoms in total. The van der Waals surface area contributed by atoms with E-state index in [1.165, 1.54) is 37.2 Å². The van der Waals surface area contributed by atoms with Crippen molar-refractivity contribution < 1.29 is 27.1 Å². The molecule has 0 aliphatic heterocycles. The van der Waals surface area contributed by atoms with Gasteiger partial charge in [-0.25, -0.2) is 8.70 Å². The summed E-state index contributed by atoms with van der Waals surface area (Å²) in [6, 6.07) is 11.5. The maximum Gasteiger partial charge on any atom is 0.304 e. The molecule has 2 aromatic carbocycles. The molecular weight excluding hydrogens is 487 g/mol. The van der Waals surface area contributed by atoms with Crippen molar-refractivity contribution in [2.75, 3.05) is 38.6 Å². The third-order valence-corrected chi connectivity index (χ3v) is 7.39. The zero-order valence-corrected chi connectivity index (χ0v) is 22.2. The van der Waals surface area contributed by atoms with Gasteiger partial charge in [0.15, 0.2) is 0 Å². The third kappa shape index (κ3) is 7.17. The van der Waals surface area contributed by atoms with Crippen LogP contribution in [-0.2, 0) is 26.3 Å². The van der Waals surface area contributed by atoms with Crippen molar-refractivity contribution in [3.8, 4) is 5.75 Å². The Balaban J connectivity index is 2.49. The highest BCUT2D eigenvalue weighted by Crippen LogP contribution is 2.24. The van der Waals surface area contributed by atoms with Crippen molar-refractivity contribution in [3.63, 3.8) is 0 Å². The van der Waals surface area contributed by atoms with Gasteiger partial charge in [-0.05, 0) is 42.7 Å². The molecule has 36 heavy (non-hydrogen) atoms. The number of nitrogens with one attached hydrogen (secondary N) is 1. The highest BCUT2D eigenvalue weighted by Gasteiger charge is 2.34. The molecule has 0 aliphatic carbocycles. The van der Waals surface area contributed by atoms with Crippen LogP contribution in [0.25, 0.3) is 0 Å². The van der Waals surface area contributed by atoms with Gasteiger partial charge in [-0.3, -0.25) is 9.59 Å². The highest BCUT2D eigenvalue weighted by molar-refractivity contribution is 7.90. The molecule has 198 valence electrons. The van der Waals surface area contributed by atoms with Gasteiger partial charge in [0.1, 0.15) is 24.2 Å². The van der Waals surface area contributed by atoms with Crippen LogP contribution < -0.4 is 14.4 Å². The van der Waals surface area contributed by atoms with Crippen LogP contribution in [0.2, 0.25) is 0 Å². The van der Waals surface area contributed by atoms with Crippen molar-refractivity contribution in [2.24, 2.45) is 0 Å². The van der Waals surface area contributed by atoms with E-state index in [1.54, 1.807) is 38.3 Å². The first-order valence-corrected chi connectivity index (χ1v) is 13.1. The Bertz CT molecular complexity index is 1130. The van der Waals surface area contributed by atoms with E-state index < -0.39 is 34.5 Å². The van der Waals surface area contributed by atoms with E-state index in [0.717, 1.165) is 26.7 Å². The number of nitrogens with zero attached hydrogens (tertiary/aromatic N) is 3. The number of hydrogen-bond acceptors (Lipinski definition) is 5. The number of anilines is 1. The summed E-state index contributed by atoms with van der Waals surface area (Å²) >= 11 is 0. The third-order valence-electron chi connectivity index (χ3n) is 5.59. The predicted octanol–water partition coefficient (Wildman–Crippen LogP) is 2.78. The first kappa shape index (κ1) is 29.1. The number of carbonyl (C=O) groups excluding carboxylic acids is 2. The SMILES string of the molecule is CCCNC(=O)[C@H](CC)N(Cc1ccc(OC)cc1)C(=O)CN(c1ccccc1F)S(=O)(=O)N(C)C. The second-order valence-electron chi connectivity index (χ2n) is 8.33. The number of rotatable bonds is 13. The fourth-order valence-corrected chi connectivity index (χ4v) is 4.63. The van der Waals surface area contributed by atoms with E-state index in [9.17, 15) is 22.4 Å². The average molecular weight is 523 g/mol. The summed E-state index contributed by atoms with van der Waals surface area (Å²) in [6.45, 7) is 3.50. The van der Waals surface area contributed by atoms with E-state index >= 15 is 0 Å². The number of halogens is 1. The molecule has 0 spiro atoms. The predicted molar refractivity (Wildman–Crippen MR) is 137 cm³/mol. The number of carbonyl (C=O) groups is 2. The number of para-hydroxylation sites is 1. The Morgan fingerprint density at radius 2 is 1.69 bits per heavy atom. The quantitative estimate of drug-likeness (QED) is 0.436. The molecule has 1 N–H and O–H groups in total. The van der Waals surface area contributed by atoms with Gasteiger partial charge in [0, 0.05) is 27.2 Å². The Kier molecular flexibility index (Phi) is 10.7. The number of methoxy groups -OCH3 is 1. The van der Waals surface area contributed by atoms with Crippen LogP contribution in [0.3, 0.4) is 0 Å². The summed E-state index contributed by atoms with van der Waals surface area (Å²) in [4.78, 5) is 28.0. The molecular formula is C25H35FN4O5S. The molecule has 2 aromatic rings. The molecule has 0 aliphatic rings. The average Bonchev–Trinajstić information content (AvgIpc) is 2.86. The molecule has 0 fully saturated rings. The van der Waals surface area contributed by atoms with E-state index in [0.29, 0.717) is 18.7 Å². The van der Waals surface area contributed by atoms with E-state index in [4.69, 9.17) is 4.74 Å². The smallest absolute Gasteiger partial charge is 0.304 e. The minimum Gasteiger partial charge on any atom is -0.497 e. The Labute approximate surface area is 213 Å². The van der Waals surface area contributed by atoms with Gasteiger partial charge in [0.25, 0.3) is 0 Å². The van der Waals surface area contributed by atoms with Crippen LogP contribution in [-0.4, -0.2) is 69.8 Å². The largest absolute Gasteiger partial charge is 0.497 e. The molecule has 2 rings (SSSR count). The summed E-state index contributed by atoms with van der Waals surface area (Å²) in [5.74, 6) is -1.13. The van der Waals surface area contributed by atoms with Gasteiger partial charge < -0.3 is 15.0 Å². The van der Waals surface area contributed by atoms with Gasteiger partial charge in [-0.2, -0.15) is 12.7 Å². The van der Waals surface area contributed by atoms with Crippen LogP contribution in [0.5, 0.6) is 5.75 Å². The molecule has 0 saturated carbocycles. The highest BCUT2D eigenvalue weighted by atomic mass is 32.2. The van der Waals surface area contributed by atoms with Crippen molar-refractivity contribution in [3.05, 3.63) is 59.9 Å². The van der Waals surface area contributed by atoms with Gasteiger partial charge in [0.2, 0.25) is 11.8 Å². The standard InChI is InChI=1S/C25H35FN4O5S/c1-6-16-27-25(32)22(7-2)29(17-19-12-14-20(35-5)15-13-19)24(31)18-30(36(33,34)28(3)4)23-11-9-8-10-21(23)26/h8-15,22H,6-7,16-18H2,1-5H3,(H,27,32)/t22-/m0/s1. The molecule has 0 radical (unpaired) electrons. The monoisotopic (exact) mass is 522 g/mol. The summed E-state index contributed by atoms with van der Waals surface area (Å²) in [5, 5.41) is 2.81. The molecule has 0 saturated heterocycles. The molecule has 0 heterocycles. The van der Waals surface area contributed by atoms with Crippen LogP contribution in [0.15, 0.2) is 48.5 Å². The first-order valence-electron chi connectivity index (χ1n) is 11.7. The lowest BCUT2D eigenvalue weighted by atomic mass is 10.1. The van der Waals surface area contributed by atoms with E-state index in [-0.39, 0.29) is 18.1 Å². The minimum atomic E-state index is -4.23. The second-order valence-corrected chi connectivity index (χ2v) is 10.4. The Morgan fingerprint density at radius 1 is 1.06 bits per heavy atom. The summed E-state index contributed by atoms with van der Waals surface area (Å²) in [6.07, 6.45) is 1.02.